The van der Waals surface area contributed by atoms with Gasteiger partial charge in [0, 0.05) is 18.0 Å². The summed E-state index contributed by atoms with van der Waals surface area (Å²) in [7, 11) is 1.73. The van der Waals surface area contributed by atoms with Crippen molar-refractivity contribution in [2.45, 2.75) is 19.4 Å². The number of ether oxygens (including phenoxy) is 1. The number of likely N-dealkylation sites (N-methyl/N-ethyl adjacent to an activating group) is 1. The Bertz CT molecular complexity index is 327. The molecular formula is C11H16N2O2. The lowest BCUT2D eigenvalue weighted by Gasteiger charge is -2.26. The third-order valence-electron chi connectivity index (χ3n) is 2.42. The first-order chi connectivity index (χ1) is 7.15. The van der Waals surface area contributed by atoms with E-state index >= 15 is 0 Å². The summed E-state index contributed by atoms with van der Waals surface area (Å²) in [6.07, 6.45) is 3.33. The molecule has 15 heavy (non-hydrogen) atoms. The number of carbonyl (C=O) groups is 1. The molecule has 1 unspecified atom stereocenters. The SMILES string of the molecule is CCOC(=O)C(C)(NC)c1cccnc1. The van der Waals surface area contributed by atoms with E-state index in [1.807, 2.05) is 6.07 Å². The van der Waals surface area contributed by atoms with Crippen molar-refractivity contribution in [1.29, 1.82) is 0 Å². The van der Waals surface area contributed by atoms with Crippen LogP contribution >= 0.6 is 0 Å². The molecule has 82 valence electrons. The van der Waals surface area contributed by atoms with Crippen LogP contribution in [0, 0.1) is 0 Å². The van der Waals surface area contributed by atoms with Crippen LogP contribution < -0.4 is 5.32 Å². The van der Waals surface area contributed by atoms with Crippen LogP contribution in [0.3, 0.4) is 0 Å². The highest BCUT2D eigenvalue weighted by Crippen LogP contribution is 2.20. The van der Waals surface area contributed by atoms with Gasteiger partial charge in [0.1, 0.15) is 5.54 Å². The monoisotopic (exact) mass is 208 g/mol. The van der Waals surface area contributed by atoms with Gasteiger partial charge in [0.25, 0.3) is 0 Å². The molecule has 0 saturated heterocycles. The Hall–Kier alpha value is -1.42. The molecule has 0 radical (unpaired) electrons. The average Bonchev–Trinajstić information content (AvgIpc) is 2.29. The summed E-state index contributed by atoms with van der Waals surface area (Å²) >= 11 is 0. The van der Waals surface area contributed by atoms with Crippen molar-refractivity contribution in [2.24, 2.45) is 0 Å². The van der Waals surface area contributed by atoms with Crippen molar-refractivity contribution >= 4 is 5.97 Å². The number of nitrogens with one attached hydrogen (secondary N) is 1. The maximum Gasteiger partial charge on any atom is 0.330 e. The zero-order valence-corrected chi connectivity index (χ0v) is 9.28. The number of esters is 1. The second kappa shape index (κ2) is 4.89. The fourth-order valence-corrected chi connectivity index (χ4v) is 1.30. The summed E-state index contributed by atoms with van der Waals surface area (Å²) in [6.45, 7) is 3.94. The molecule has 1 aromatic heterocycles. The Labute approximate surface area is 89.7 Å². The van der Waals surface area contributed by atoms with Gasteiger partial charge in [-0.2, -0.15) is 0 Å². The highest BCUT2D eigenvalue weighted by Gasteiger charge is 2.35. The smallest absolute Gasteiger partial charge is 0.330 e. The maximum absolute atomic E-state index is 11.8. The average molecular weight is 208 g/mol. The standard InChI is InChI=1S/C11H16N2O2/c1-4-15-10(14)11(2,12-3)9-6-5-7-13-8-9/h5-8,12H,4H2,1-3H3. The topological polar surface area (TPSA) is 51.2 Å². The van der Waals surface area contributed by atoms with E-state index in [1.165, 1.54) is 0 Å². The van der Waals surface area contributed by atoms with Gasteiger partial charge in [-0.25, -0.2) is 4.79 Å². The molecule has 4 nitrogen and oxygen atoms in total. The molecule has 1 aromatic rings. The number of nitrogens with zero attached hydrogens (tertiary/aromatic N) is 1. The minimum Gasteiger partial charge on any atom is -0.464 e. The minimum atomic E-state index is -0.829. The molecule has 0 fully saturated rings. The Morgan fingerprint density at radius 2 is 2.40 bits per heavy atom. The number of hydrogen-bond acceptors (Lipinski definition) is 4. The maximum atomic E-state index is 11.8. The lowest BCUT2D eigenvalue weighted by atomic mass is 9.94. The van der Waals surface area contributed by atoms with Gasteiger partial charge in [-0.15, -0.1) is 0 Å². The predicted octanol–water partition coefficient (Wildman–Crippen LogP) is 1.08. The van der Waals surface area contributed by atoms with Crippen LogP contribution in [0.2, 0.25) is 0 Å². The van der Waals surface area contributed by atoms with Gasteiger partial charge in [0.2, 0.25) is 0 Å². The lowest BCUT2D eigenvalue weighted by Crippen LogP contribution is -2.45. The fourth-order valence-electron chi connectivity index (χ4n) is 1.30. The molecule has 0 amide bonds. The largest absolute Gasteiger partial charge is 0.464 e. The summed E-state index contributed by atoms with van der Waals surface area (Å²) in [6, 6.07) is 3.64. The Balaban J connectivity index is 3.00. The number of hydrogen-bond donors (Lipinski definition) is 1. The molecule has 1 heterocycles. The van der Waals surface area contributed by atoms with Crippen LogP contribution in [-0.2, 0) is 15.1 Å². The van der Waals surface area contributed by atoms with E-state index in [1.54, 1.807) is 39.4 Å². The van der Waals surface area contributed by atoms with Crippen molar-refractivity contribution in [2.75, 3.05) is 13.7 Å². The molecule has 1 rings (SSSR count). The van der Waals surface area contributed by atoms with Crippen LogP contribution in [0.25, 0.3) is 0 Å². The van der Waals surface area contributed by atoms with Gasteiger partial charge >= 0.3 is 5.97 Å². The van der Waals surface area contributed by atoms with Crippen LogP contribution in [0.4, 0.5) is 0 Å². The van der Waals surface area contributed by atoms with Crippen LogP contribution in [0.15, 0.2) is 24.5 Å². The summed E-state index contributed by atoms with van der Waals surface area (Å²) in [5, 5.41) is 2.96. The summed E-state index contributed by atoms with van der Waals surface area (Å²) in [5.74, 6) is -0.291. The Morgan fingerprint density at radius 3 is 2.87 bits per heavy atom. The number of rotatable bonds is 4. The van der Waals surface area contributed by atoms with E-state index in [0.29, 0.717) is 6.61 Å². The normalized spacial score (nSPS) is 14.3. The van der Waals surface area contributed by atoms with Crippen LogP contribution in [0.5, 0.6) is 0 Å². The van der Waals surface area contributed by atoms with Gasteiger partial charge in [-0.05, 0) is 27.0 Å². The van der Waals surface area contributed by atoms with Gasteiger partial charge in [0.05, 0.1) is 6.61 Å². The first-order valence-electron chi connectivity index (χ1n) is 4.91. The van der Waals surface area contributed by atoms with E-state index in [2.05, 4.69) is 10.3 Å². The zero-order valence-electron chi connectivity index (χ0n) is 9.28. The van der Waals surface area contributed by atoms with Gasteiger partial charge in [-0.3, -0.25) is 4.98 Å². The highest BCUT2D eigenvalue weighted by atomic mass is 16.5. The molecule has 0 aliphatic heterocycles. The number of aromatic nitrogens is 1. The second-order valence-corrected chi connectivity index (χ2v) is 3.34. The summed E-state index contributed by atoms with van der Waals surface area (Å²) < 4.78 is 5.02. The molecule has 1 N–H and O–H groups in total. The molecule has 0 aliphatic carbocycles. The lowest BCUT2D eigenvalue weighted by molar-refractivity contribution is -0.150. The molecule has 4 heteroatoms. The summed E-state index contributed by atoms with van der Waals surface area (Å²) in [5.41, 5.74) is -0.0319. The Kier molecular flexibility index (Phi) is 3.80. The summed E-state index contributed by atoms with van der Waals surface area (Å²) in [4.78, 5) is 15.8. The van der Waals surface area contributed by atoms with E-state index in [0.717, 1.165) is 5.56 Å². The Morgan fingerprint density at radius 1 is 1.67 bits per heavy atom. The molecule has 0 spiro atoms. The van der Waals surface area contributed by atoms with Gasteiger partial charge in [0.15, 0.2) is 0 Å². The van der Waals surface area contributed by atoms with E-state index < -0.39 is 5.54 Å². The van der Waals surface area contributed by atoms with E-state index in [4.69, 9.17) is 4.74 Å². The van der Waals surface area contributed by atoms with Crippen molar-refractivity contribution in [1.82, 2.24) is 10.3 Å². The third kappa shape index (κ3) is 2.33. The quantitative estimate of drug-likeness (QED) is 0.752. The van der Waals surface area contributed by atoms with Gasteiger partial charge in [-0.1, -0.05) is 6.07 Å². The molecular weight excluding hydrogens is 192 g/mol. The zero-order chi connectivity index (χ0) is 11.3. The highest BCUT2D eigenvalue weighted by molar-refractivity contribution is 5.82. The van der Waals surface area contributed by atoms with E-state index in [9.17, 15) is 4.79 Å². The van der Waals surface area contributed by atoms with Crippen LogP contribution in [-0.4, -0.2) is 24.6 Å². The van der Waals surface area contributed by atoms with Crippen molar-refractivity contribution in [3.63, 3.8) is 0 Å². The molecule has 1 atom stereocenters. The molecule has 0 aromatic carbocycles. The van der Waals surface area contributed by atoms with Gasteiger partial charge < -0.3 is 10.1 Å². The van der Waals surface area contributed by atoms with Crippen molar-refractivity contribution in [3.05, 3.63) is 30.1 Å². The third-order valence-corrected chi connectivity index (χ3v) is 2.42. The molecule has 0 aliphatic rings. The number of carbonyl (C=O) groups excluding carboxylic acids is 1. The molecule has 0 bridgehead atoms. The van der Waals surface area contributed by atoms with Crippen molar-refractivity contribution < 1.29 is 9.53 Å². The first kappa shape index (κ1) is 11.7. The second-order valence-electron chi connectivity index (χ2n) is 3.34. The number of pyridine rings is 1. The molecule has 0 saturated carbocycles. The fraction of sp³-hybridized carbons (Fsp3) is 0.455. The first-order valence-corrected chi connectivity index (χ1v) is 4.91. The van der Waals surface area contributed by atoms with E-state index in [-0.39, 0.29) is 5.97 Å². The minimum absolute atomic E-state index is 0.291. The van der Waals surface area contributed by atoms with Crippen molar-refractivity contribution in [3.8, 4) is 0 Å². The van der Waals surface area contributed by atoms with Crippen LogP contribution in [0.1, 0.15) is 19.4 Å². The predicted molar refractivity (Wildman–Crippen MR) is 57.3 cm³/mol.